The number of rotatable bonds is 6. The minimum atomic E-state index is -0.254. The van der Waals surface area contributed by atoms with Crippen molar-refractivity contribution in [2.75, 3.05) is 24.6 Å². The summed E-state index contributed by atoms with van der Waals surface area (Å²) in [6.45, 7) is 12.6. The topological polar surface area (TPSA) is 49.9 Å². The minimum Gasteiger partial charge on any atom is -0.493 e. The molecule has 0 spiro atoms. The maximum Gasteiger partial charge on any atom is 0.282 e. The lowest BCUT2D eigenvalue weighted by atomic mass is 9.97. The highest BCUT2D eigenvalue weighted by Gasteiger charge is 2.43. The van der Waals surface area contributed by atoms with Crippen LogP contribution in [0, 0.1) is 25.7 Å². The number of hydrogen-bond acceptors (Lipinski definition) is 4. The SMILES string of the molecule is Cc1ccc(N2C(=O)C(c3ccc(OCC(C)C)cc3)=C(N3CCCC(C)C3)C2=O)c(C)c1. The zero-order valence-corrected chi connectivity index (χ0v) is 20.4. The van der Waals surface area contributed by atoms with Crippen LogP contribution in [-0.2, 0) is 9.59 Å². The van der Waals surface area contributed by atoms with E-state index in [9.17, 15) is 9.59 Å². The van der Waals surface area contributed by atoms with Crippen molar-refractivity contribution in [3.63, 3.8) is 0 Å². The Balaban J connectivity index is 1.75. The van der Waals surface area contributed by atoms with Crippen molar-refractivity contribution in [2.24, 2.45) is 11.8 Å². The summed E-state index contributed by atoms with van der Waals surface area (Å²) in [5, 5.41) is 0. The van der Waals surface area contributed by atoms with E-state index >= 15 is 0 Å². The van der Waals surface area contributed by atoms with Gasteiger partial charge < -0.3 is 9.64 Å². The number of ether oxygens (including phenoxy) is 1. The molecule has 5 heteroatoms. The molecule has 0 aromatic heterocycles. The lowest BCUT2D eigenvalue weighted by Gasteiger charge is -2.33. The van der Waals surface area contributed by atoms with Crippen LogP contribution in [0.1, 0.15) is 50.3 Å². The number of hydrogen-bond donors (Lipinski definition) is 0. The molecule has 2 aromatic carbocycles. The fourth-order valence-electron chi connectivity index (χ4n) is 4.72. The Bertz CT molecular complexity index is 1080. The molecule has 0 N–H and O–H groups in total. The van der Waals surface area contributed by atoms with Crippen LogP contribution < -0.4 is 9.64 Å². The van der Waals surface area contributed by atoms with E-state index in [4.69, 9.17) is 4.74 Å². The predicted octanol–water partition coefficient (Wildman–Crippen LogP) is 5.35. The fraction of sp³-hybridized carbons (Fsp3) is 0.429. The van der Waals surface area contributed by atoms with Gasteiger partial charge in [0.1, 0.15) is 11.4 Å². The molecule has 0 aliphatic carbocycles. The third-order valence-electron chi connectivity index (χ3n) is 6.35. The minimum absolute atomic E-state index is 0.226. The van der Waals surface area contributed by atoms with Gasteiger partial charge in [-0.25, -0.2) is 4.90 Å². The van der Waals surface area contributed by atoms with Gasteiger partial charge in [0.15, 0.2) is 0 Å². The standard InChI is InChI=1S/C28H34N2O3/c1-18(2)17-33-23-11-9-22(10-12-23)25-26(29-14-6-7-20(4)16-29)28(32)30(27(25)31)24-13-8-19(3)15-21(24)5/h8-13,15,18,20H,6-7,14,16-17H2,1-5H3. The summed E-state index contributed by atoms with van der Waals surface area (Å²) in [7, 11) is 0. The van der Waals surface area contributed by atoms with E-state index < -0.39 is 0 Å². The van der Waals surface area contributed by atoms with Crippen LogP contribution in [0.15, 0.2) is 48.2 Å². The van der Waals surface area contributed by atoms with E-state index in [2.05, 4.69) is 25.7 Å². The average Bonchev–Trinajstić information content (AvgIpc) is 3.03. The highest BCUT2D eigenvalue weighted by molar-refractivity contribution is 6.45. The van der Waals surface area contributed by atoms with Crippen molar-refractivity contribution in [3.8, 4) is 5.75 Å². The van der Waals surface area contributed by atoms with Crippen molar-refractivity contribution >= 4 is 23.1 Å². The fourth-order valence-corrected chi connectivity index (χ4v) is 4.72. The van der Waals surface area contributed by atoms with Crippen LogP contribution in [0.3, 0.4) is 0 Å². The molecule has 1 unspecified atom stereocenters. The van der Waals surface area contributed by atoms with Crippen molar-refractivity contribution in [2.45, 2.75) is 47.5 Å². The number of carbonyl (C=O) groups excluding carboxylic acids is 2. The third-order valence-corrected chi connectivity index (χ3v) is 6.35. The summed E-state index contributed by atoms with van der Waals surface area (Å²) in [6.07, 6.45) is 2.16. The summed E-state index contributed by atoms with van der Waals surface area (Å²) in [4.78, 5) is 31.0. The Morgan fingerprint density at radius 2 is 1.76 bits per heavy atom. The average molecular weight is 447 g/mol. The number of anilines is 1. The second-order valence-electron chi connectivity index (χ2n) is 9.88. The van der Waals surface area contributed by atoms with Crippen LogP contribution in [-0.4, -0.2) is 36.4 Å². The first-order chi connectivity index (χ1) is 15.8. The van der Waals surface area contributed by atoms with Gasteiger partial charge in [0.2, 0.25) is 0 Å². The van der Waals surface area contributed by atoms with E-state index in [1.165, 1.54) is 4.90 Å². The van der Waals surface area contributed by atoms with Crippen molar-refractivity contribution in [3.05, 3.63) is 64.9 Å². The zero-order chi connectivity index (χ0) is 23.7. The van der Waals surface area contributed by atoms with Gasteiger partial charge in [-0.3, -0.25) is 9.59 Å². The Kier molecular flexibility index (Phi) is 6.59. The first kappa shape index (κ1) is 23.1. The predicted molar refractivity (Wildman–Crippen MR) is 132 cm³/mol. The number of carbonyl (C=O) groups is 2. The number of piperidine rings is 1. The van der Waals surface area contributed by atoms with E-state index in [0.717, 1.165) is 48.4 Å². The molecule has 2 aliphatic heterocycles. The summed E-state index contributed by atoms with van der Waals surface area (Å²) in [5.41, 5.74) is 4.45. The zero-order valence-electron chi connectivity index (χ0n) is 20.4. The van der Waals surface area contributed by atoms with Gasteiger partial charge in [-0.2, -0.15) is 0 Å². The molecule has 174 valence electrons. The highest BCUT2D eigenvalue weighted by Crippen LogP contribution is 2.38. The van der Waals surface area contributed by atoms with E-state index in [1.807, 2.05) is 56.3 Å². The largest absolute Gasteiger partial charge is 0.493 e. The lowest BCUT2D eigenvalue weighted by molar-refractivity contribution is -0.120. The van der Waals surface area contributed by atoms with Gasteiger partial charge in [-0.15, -0.1) is 0 Å². The molecule has 2 aliphatic rings. The molecule has 4 rings (SSSR count). The summed E-state index contributed by atoms with van der Waals surface area (Å²) < 4.78 is 5.82. The molecular formula is C28H34N2O3. The number of benzene rings is 2. The van der Waals surface area contributed by atoms with Gasteiger partial charge in [0.05, 0.1) is 17.9 Å². The van der Waals surface area contributed by atoms with Crippen LogP contribution in [0.2, 0.25) is 0 Å². The first-order valence-corrected chi connectivity index (χ1v) is 11.9. The Morgan fingerprint density at radius 1 is 1.03 bits per heavy atom. The first-order valence-electron chi connectivity index (χ1n) is 11.9. The molecule has 1 atom stereocenters. The van der Waals surface area contributed by atoms with Crippen LogP contribution in [0.4, 0.5) is 5.69 Å². The molecule has 2 heterocycles. The summed E-state index contributed by atoms with van der Waals surface area (Å²) in [5.74, 6) is 1.20. The molecule has 1 saturated heterocycles. The number of imide groups is 1. The van der Waals surface area contributed by atoms with Gasteiger partial charge in [-0.05, 0) is 67.9 Å². The van der Waals surface area contributed by atoms with Crippen LogP contribution in [0.5, 0.6) is 5.75 Å². The van der Waals surface area contributed by atoms with Crippen molar-refractivity contribution in [1.29, 1.82) is 0 Å². The van der Waals surface area contributed by atoms with Crippen molar-refractivity contribution in [1.82, 2.24) is 4.90 Å². The summed E-state index contributed by atoms with van der Waals surface area (Å²) >= 11 is 0. The molecule has 0 bridgehead atoms. The van der Waals surface area contributed by atoms with Gasteiger partial charge in [0, 0.05) is 13.1 Å². The molecule has 33 heavy (non-hydrogen) atoms. The number of likely N-dealkylation sites (tertiary alicyclic amines) is 1. The molecule has 2 aromatic rings. The van der Waals surface area contributed by atoms with Crippen LogP contribution >= 0.6 is 0 Å². The number of aryl methyl sites for hydroxylation is 2. The molecule has 5 nitrogen and oxygen atoms in total. The third kappa shape index (κ3) is 4.68. The summed E-state index contributed by atoms with van der Waals surface area (Å²) in [6, 6.07) is 13.4. The maximum atomic E-state index is 13.8. The van der Waals surface area contributed by atoms with E-state index in [0.29, 0.717) is 35.4 Å². The Morgan fingerprint density at radius 3 is 2.39 bits per heavy atom. The van der Waals surface area contributed by atoms with Gasteiger partial charge in [0.25, 0.3) is 11.8 Å². The highest BCUT2D eigenvalue weighted by atomic mass is 16.5. The van der Waals surface area contributed by atoms with Crippen molar-refractivity contribution < 1.29 is 14.3 Å². The second-order valence-corrected chi connectivity index (χ2v) is 9.88. The smallest absolute Gasteiger partial charge is 0.282 e. The van der Waals surface area contributed by atoms with Crippen LogP contribution in [0.25, 0.3) is 5.57 Å². The Hall–Kier alpha value is -3.08. The van der Waals surface area contributed by atoms with Gasteiger partial charge >= 0.3 is 0 Å². The number of nitrogens with zero attached hydrogens (tertiary/aromatic N) is 2. The van der Waals surface area contributed by atoms with Gasteiger partial charge in [-0.1, -0.05) is 50.6 Å². The lowest BCUT2D eigenvalue weighted by Crippen LogP contribution is -2.39. The number of amides is 2. The quantitative estimate of drug-likeness (QED) is 0.561. The molecule has 0 radical (unpaired) electrons. The monoisotopic (exact) mass is 446 g/mol. The molecule has 0 saturated carbocycles. The van der Waals surface area contributed by atoms with E-state index in [1.54, 1.807) is 0 Å². The molecular weight excluding hydrogens is 412 g/mol. The second kappa shape index (κ2) is 9.42. The van der Waals surface area contributed by atoms with E-state index in [-0.39, 0.29) is 11.8 Å². The maximum absolute atomic E-state index is 13.8. The molecule has 1 fully saturated rings. The Labute approximate surface area is 197 Å². The molecule has 2 amide bonds. The normalized spacial score (nSPS) is 19.2.